The molecule has 0 aliphatic carbocycles. The molecular weight excluding hydrogens is 384 g/mol. The van der Waals surface area contributed by atoms with Gasteiger partial charge in [0, 0.05) is 34.4 Å². The molecule has 6 rings (SSSR count). The lowest BCUT2D eigenvalue weighted by Gasteiger charge is -2.44. The van der Waals surface area contributed by atoms with Gasteiger partial charge in [-0.05, 0) is 56.1 Å². The average molecular weight is 407 g/mol. The Morgan fingerprint density at radius 1 is 1.07 bits per heavy atom. The molecule has 7 heteroatoms. The molecule has 3 aliphatic heterocycles. The normalized spacial score (nSPS) is 23.1. The quantitative estimate of drug-likeness (QED) is 0.697. The highest BCUT2D eigenvalue weighted by molar-refractivity contribution is 7.23. The molecule has 3 aromatic rings. The highest BCUT2D eigenvalue weighted by atomic mass is 32.1. The van der Waals surface area contributed by atoms with Gasteiger partial charge in [0.2, 0.25) is 0 Å². The van der Waals surface area contributed by atoms with Crippen LogP contribution in [-0.2, 0) is 0 Å². The van der Waals surface area contributed by atoms with Crippen LogP contribution in [0.5, 0.6) is 0 Å². The molecule has 1 aromatic carbocycles. The van der Waals surface area contributed by atoms with Gasteiger partial charge in [0.1, 0.15) is 5.69 Å². The van der Waals surface area contributed by atoms with Crippen LogP contribution in [0.4, 0.5) is 5.00 Å². The highest BCUT2D eigenvalue weighted by Crippen LogP contribution is 2.31. The molecule has 5 heterocycles. The standard InChI is InChI=1S/C22H22N4O2S/c27-21(15-4-2-1-3-5-15)25-20-10-16-12-23-17(11-19(16)29-20)22(28)24-18-13-26-8-6-14(18)7-9-26/h1-5,10-12,14,18H,6-9,13H2,(H,24,28)(H,25,27). The van der Waals surface area contributed by atoms with Gasteiger partial charge in [0.25, 0.3) is 11.8 Å². The van der Waals surface area contributed by atoms with Crippen LogP contribution in [0.2, 0.25) is 0 Å². The molecule has 3 saturated heterocycles. The SMILES string of the molecule is O=C(Nc1cc2cnc(C(=O)NC3CN4CCC3CC4)cc2s1)c1ccccc1. The van der Waals surface area contributed by atoms with Gasteiger partial charge in [-0.15, -0.1) is 11.3 Å². The summed E-state index contributed by atoms with van der Waals surface area (Å²) in [4.78, 5) is 31.9. The second kappa shape index (κ2) is 7.57. The minimum atomic E-state index is -0.148. The first-order chi connectivity index (χ1) is 14.2. The average Bonchev–Trinajstić information content (AvgIpc) is 3.16. The molecule has 2 amide bonds. The summed E-state index contributed by atoms with van der Waals surface area (Å²) in [5, 5.41) is 7.77. The second-order valence-corrected chi connectivity index (χ2v) is 8.84. The van der Waals surface area contributed by atoms with Crippen LogP contribution >= 0.6 is 11.3 Å². The van der Waals surface area contributed by atoms with Crippen molar-refractivity contribution in [3.8, 4) is 0 Å². The predicted octanol–water partition coefficient (Wildman–Crippen LogP) is 3.37. The molecule has 1 atom stereocenters. The van der Waals surface area contributed by atoms with E-state index in [2.05, 4.69) is 20.5 Å². The summed E-state index contributed by atoms with van der Waals surface area (Å²) in [5.74, 6) is 0.313. The van der Waals surface area contributed by atoms with Crippen molar-refractivity contribution in [1.29, 1.82) is 0 Å². The Bertz CT molecular complexity index is 1060. The van der Waals surface area contributed by atoms with E-state index in [0.29, 0.717) is 17.2 Å². The number of carbonyl (C=O) groups excluding carboxylic acids is 2. The van der Waals surface area contributed by atoms with Crippen LogP contribution < -0.4 is 10.6 Å². The number of aromatic nitrogens is 1. The zero-order valence-corrected chi connectivity index (χ0v) is 16.7. The number of hydrogen-bond donors (Lipinski definition) is 2. The molecule has 2 aromatic heterocycles. The van der Waals surface area contributed by atoms with Crippen LogP contribution in [0.25, 0.3) is 10.1 Å². The Morgan fingerprint density at radius 2 is 1.86 bits per heavy atom. The Balaban J connectivity index is 1.30. The van der Waals surface area contributed by atoms with E-state index >= 15 is 0 Å². The third kappa shape index (κ3) is 3.75. The Labute approximate surface area is 172 Å². The second-order valence-electron chi connectivity index (χ2n) is 7.76. The van der Waals surface area contributed by atoms with E-state index in [1.54, 1.807) is 18.3 Å². The maximum Gasteiger partial charge on any atom is 0.270 e. The first-order valence-electron chi connectivity index (χ1n) is 9.95. The van der Waals surface area contributed by atoms with E-state index < -0.39 is 0 Å². The fraction of sp³-hybridized carbons (Fsp3) is 0.318. The molecule has 6 nitrogen and oxygen atoms in total. The van der Waals surface area contributed by atoms with E-state index in [-0.39, 0.29) is 17.9 Å². The fourth-order valence-electron chi connectivity index (χ4n) is 4.26. The first kappa shape index (κ1) is 18.3. The Hall–Kier alpha value is -2.77. The van der Waals surface area contributed by atoms with E-state index in [1.165, 1.54) is 11.3 Å². The summed E-state index contributed by atoms with van der Waals surface area (Å²) in [6.45, 7) is 3.23. The lowest BCUT2D eigenvalue weighted by Crippen LogP contribution is -2.57. The van der Waals surface area contributed by atoms with Gasteiger partial charge < -0.3 is 15.5 Å². The topological polar surface area (TPSA) is 74.3 Å². The number of nitrogens with zero attached hydrogens (tertiary/aromatic N) is 2. The lowest BCUT2D eigenvalue weighted by atomic mass is 9.84. The van der Waals surface area contributed by atoms with Gasteiger partial charge in [-0.25, -0.2) is 0 Å². The largest absolute Gasteiger partial charge is 0.346 e. The minimum absolute atomic E-state index is 0.117. The number of nitrogens with one attached hydrogen (secondary N) is 2. The molecule has 0 spiro atoms. The molecular formula is C22H22N4O2S. The molecule has 3 aliphatic rings. The van der Waals surface area contributed by atoms with E-state index in [0.717, 1.165) is 47.6 Å². The third-order valence-corrected chi connectivity index (χ3v) is 6.89. The lowest BCUT2D eigenvalue weighted by molar-refractivity contribution is 0.0618. The van der Waals surface area contributed by atoms with E-state index in [9.17, 15) is 9.59 Å². The molecule has 0 saturated carbocycles. The zero-order valence-electron chi connectivity index (χ0n) is 15.9. The molecule has 29 heavy (non-hydrogen) atoms. The van der Waals surface area contributed by atoms with Gasteiger partial charge in [-0.3, -0.25) is 14.6 Å². The summed E-state index contributed by atoms with van der Waals surface area (Å²) in [6.07, 6.45) is 4.02. The van der Waals surface area contributed by atoms with Crippen LogP contribution in [0, 0.1) is 5.92 Å². The number of amides is 2. The van der Waals surface area contributed by atoms with Crippen molar-refractivity contribution >= 4 is 38.2 Å². The number of fused-ring (bicyclic) bond motifs is 4. The van der Waals surface area contributed by atoms with Crippen molar-refractivity contribution < 1.29 is 9.59 Å². The van der Waals surface area contributed by atoms with Crippen LogP contribution in [-0.4, -0.2) is 47.4 Å². The highest BCUT2D eigenvalue weighted by Gasteiger charge is 2.35. The maximum absolute atomic E-state index is 12.7. The van der Waals surface area contributed by atoms with Crippen molar-refractivity contribution in [1.82, 2.24) is 15.2 Å². The van der Waals surface area contributed by atoms with Crippen molar-refractivity contribution in [2.45, 2.75) is 18.9 Å². The summed E-state index contributed by atoms with van der Waals surface area (Å²) in [7, 11) is 0. The van der Waals surface area contributed by atoms with E-state index in [4.69, 9.17) is 0 Å². The number of hydrogen-bond acceptors (Lipinski definition) is 5. The van der Waals surface area contributed by atoms with Crippen molar-refractivity contribution in [3.05, 3.63) is 59.9 Å². The third-order valence-electron chi connectivity index (χ3n) is 5.88. The van der Waals surface area contributed by atoms with Crippen molar-refractivity contribution in [3.63, 3.8) is 0 Å². The fourth-order valence-corrected chi connectivity index (χ4v) is 5.23. The smallest absolute Gasteiger partial charge is 0.270 e. The number of thiophene rings is 1. The van der Waals surface area contributed by atoms with Gasteiger partial charge in [-0.1, -0.05) is 18.2 Å². The summed E-state index contributed by atoms with van der Waals surface area (Å²) in [5.41, 5.74) is 1.04. The van der Waals surface area contributed by atoms with Crippen LogP contribution in [0.3, 0.4) is 0 Å². The van der Waals surface area contributed by atoms with Gasteiger partial charge in [0.15, 0.2) is 0 Å². The summed E-state index contributed by atoms with van der Waals surface area (Å²) >= 11 is 1.45. The predicted molar refractivity (Wildman–Crippen MR) is 114 cm³/mol. The number of rotatable bonds is 4. The minimum Gasteiger partial charge on any atom is -0.346 e. The van der Waals surface area contributed by atoms with Crippen LogP contribution in [0.1, 0.15) is 33.7 Å². The number of anilines is 1. The molecule has 148 valence electrons. The zero-order chi connectivity index (χ0) is 19.8. The van der Waals surface area contributed by atoms with Gasteiger partial charge in [0.05, 0.1) is 5.00 Å². The first-order valence-corrected chi connectivity index (χ1v) is 10.8. The molecule has 0 radical (unpaired) electrons. The Kier molecular flexibility index (Phi) is 4.77. The van der Waals surface area contributed by atoms with Crippen molar-refractivity contribution in [2.24, 2.45) is 5.92 Å². The maximum atomic E-state index is 12.7. The Morgan fingerprint density at radius 3 is 2.59 bits per heavy atom. The molecule has 1 unspecified atom stereocenters. The number of pyridine rings is 1. The number of benzene rings is 1. The molecule has 3 fully saturated rings. The number of carbonyl (C=O) groups is 2. The summed E-state index contributed by atoms with van der Waals surface area (Å²) < 4.78 is 0.933. The molecule has 2 N–H and O–H groups in total. The van der Waals surface area contributed by atoms with E-state index in [1.807, 2.05) is 30.3 Å². The van der Waals surface area contributed by atoms with Gasteiger partial charge >= 0.3 is 0 Å². The summed E-state index contributed by atoms with van der Waals surface area (Å²) in [6, 6.07) is 13.0. The molecule has 2 bridgehead atoms. The number of piperidine rings is 3. The van der Waals surface area contributed by atoms with Crippen LogP contribution in [0.15, 0.2) is 48.7 Å². The monoisotopic (exact) mass is 406 g/mol. The van der Waals surface area contributed by atoms with Gasteiger partial charge in [-0.2, -0.15) is 0 Å². The van der Waals surface area contributed by atoms with Crippen molar-refractivity contribution in [2.75, 3.05) is 25.0 Å².